The van der Waals surface area contributed by atoms with Gasteiger partial charge in [-0.05, 0) is 49.7 Å². The Bertz CT molecular complexity index is 466. The van der Waals surface area contributed by atoms with Gasteiger partial charge in [0, 0.05) is 0 Å². The van der Waals surface area contributed by atoms with Gasteiger partial charge in [0.15, 0.2) is 5.78 Å². The molecule has 0 atom stereocenters. The van der Waals surface area contributed by atoms with Crippen LogP contribution >= 0.6 is 0 Å². The van der Waals surface area contributed by atoms with Gasteiger partial charge in [-0.1, -0.05) is 56.7 Å². The van der Waals surface area contributed by atoms with Crippen molar-refractivity contribution in [2.75, 3.05) is 0 Å². The summed E-state index contributed by atoms with van der Waals surface area (Å²) >= 11 is 0. The Labute approximate surface area is 123 Å². The Balaban J connectivity index is 2.37. The minimum Gasteiger partial charge on any atom is -0.294 e. The third-order valence-electron chi connectivity index (χ3n) is 4.80. The third-order valence-corrected chi connectivity index (χ3v) is 4.80. The summed E-state index contributed by atoms with van der Waals surface area (Å²) in [5.41, 5.74) is 1.94. The minimum absolute atomic E-state index is 0.322. The predicted molar refractivity (Wildman–Crippen MR) is 84.9 cm³/mol. The van der Waals surface area contributed by atoms with Crippen LogP contribution in [0.1, 0.15) is 64.4 Å². The lowest BCUT2D eigenvalue weighted by Gasteiger charge is -2.32. The zero-order chi connectivity index (χ0) is 14.4. The Hall–Kier alpha value is -1.37. The van der Waals surface area contributed by atoms with Crippen molar-refractivity contribution >= 4 is 5.78 Å². The lowest BCUT2D eigenvalue weighted by atomic mass is 9.70. The molecule has 0 unspecified atom stereocenters. The number of allylic oxidation sites excluding steroid dienone is 2. The monoisotopic (exact) mass is 270 g/mol. The molecule has 0 spiro atoms. The summed E-state index contributed by atoms with van der Waals surface area (Å²) in [5.74, 6) is 0.371. The molecule has 1 aliphatic rings. The molecule has 0 heterocycles. The summed E-state index contributed by atoms with van der Waals surface area (Å²) in [7, 11) is 0. The van der Waals surface area contributed by atoms with Crippen molar-refractivity contribution < 1.29 is 4.79 Å². The van der Waals surface area contributed by atoms with Crippen LogP contribution in [0.25, 0.3) is 0 Å². The van der Waals surface area contributed by atoms with E-state index in [1.54, 1.807) is 0 Å². The van der Waals surface area contributed by atoms with Gasteiger partial charge < -0.3 is 0 Å². The highest BCUT2D eigenvalue weighted by Crippen LogP contribution is 2.36. The molecule has 1 aliphatic carbocycles. The molecule has 108 valence electrons. The van der Waals surface area contributed by atoms with Gasteiger partial charge in [-0.3, -0.25) is 4.79 Å². The lowest BCUT2D eigenvalue weighted by molar-refractivity contribution is -0.121. The van der Waals surface area contributed by atoms with Crippen LogP contribution in [0, 0.1) is 0 Å². The third kappa shape index (κ3) is 2.87. The molecule has 0 aromatic heterocycles. The van der Waals surface area contributed by atoms with Crippen molar-refractivity contribution in [2.45, 2.75) is 64.2 Å². The average Bonchev–Trinajstić information content (AvgIpc) is 2.79. The molecule has 0 saturated carbocycles. The van der Waals surface area contributed by atoms with Gasteiger partial charge in [-0.2, -0.15) is 0 Å². The number of benzene rings is 1. The standard InChI is InChI=1S/C19H26O/c1-3-19(4-2,17-14-10-7-11-15-17)18(20)16-12-8-5-6-9-13-16/h7,10-12,14-15H,3-6,8-9,13H2,1-2H3. The molecule has 1 aromatic carbocycles. The van der Waals surface area contributed by atoms with Crippen LogP contribution in [-0.2, 0) is 10.2 Å². The number of hydrogen-bond acceptors (Lipinski definition) is 1. The Morgan fingerprint density at radius 2 is 1.75 bits per heavy atom. The fourth-order valence-electron chi connectivity index (χ4n) is 3.40. The quantitative estimate of drug-likeness (QED) is 0.718. The van der Waals surface area contributed by atoms with Gasteiger partial charge in [0.2, 0.25) is 0 Å². The summed E-state index contributed by atoms with van der Waals surface area (Å²) in [4.78, 5) is 13.2. The van der Waals surface area contributed by atoms with E-state index in [2.05, 4.69) is 32.1 Å². The van der Waals surface area contributed by atoms with E-state index in [4.69, 9.17) is 0 Å². The summed E-state index contributed by atoms with van der Waals surface area (Å²) in [6, 6.07) is 10.3. The summed E-state index contributed by atoms with van der Waals surface area (Å²) in [5, 5.41) is 0. The average molecular weight is 270 g/mol. The van der Waals surface area contributed by atoms with Crippen molar-refractivity contribution in [1.29, 1.82) is 0 Å². The van der Waals surface area contributed by atoms with Crippen LogP contribution in [0.3, 0.4) is 0 Å². The Kier molecular flexibility index (Phi) is 5.17. The second kappa shape index (κ2) is 6.88. The van der Waals surface area contributed by atoms with E-state index in [1.807, 2.05) is 18.2 Å². The van der Waals surface area contributed by atoms with Crippen molar-refractivity contribution in [3.63, 3.8) is 0 Å². The first kappa shape index (κ1) is 15.0. The fraction of sp³-hybridized carbons (Fsp3) is 0.526. The highest BCUT2D eigenvalue weighted by molar-refractivity contribution is 6.03. The van der Waals surface area contributed by atoms with Gasteiger partial charge in [0.1, 0.15) is 0 Å². The maximum Gasteiger partial charge on any atom is 0.169 e. The fourth-order valence-corrected chi connectivity index (χ4v) is 3.40. The van der Waals surface area contributed by atoms with Crippen molar-refractivity contribution in [2.24, 2.45) is 0 Å². The van der Waals surface area contributed by atoms with Crippen LogP contribution in [-0.4, -0.2) is 5.78 Å². The first-order valence-electron chi connectivity index (χ1n) is 8.04. The zero-order valence-electron chi connectivity index (χ0n) is 12.8. The van der Waals surface area contributed by atoms with Crippen LogP contribution in [0.4, 0.5) is 0 Å². The summed E-state index contributed by atoms with van der Waals surface area (Å²) in [6.07, 6.45) is 9.64. The number of carbonyl (C=O) groups is 1. The molecule has 0 N–H and O–H groups in total. The van der Waals surface area contributed by atoms with E-state index in [9.17, 15) is 4.79 Å². The van der Waals surface area contributed by atoms with Crippen LogP contribution in [0.2, 0.25) is 0 Å². The second-order valence-electron chi connectivity index (χ2n) is 5.81. The van der Waals surface area contributed by atoms with Crippen molar-refractivity contribution in [3.05, 3.63) is 47.5 Å². The summed E-state index contributed by atoms with van der Waals surface area (Å²) < 4.78 is 0. The highest BCUT2D eigenvalue weighted by atomic mass is 16.1. The highest BCUT2D eigenvalue weighted by Gasteiger charge is 2.37. The van der Waals surface area contributed by atoms with Gasteiger partial charge >= 0.3 is 0 Å². The van der Waals surface area contributed by atoms with E-state index in [1.165, 1.54) is 18.4 Å². The lowest BCUT2D eigenvalue weighted by Crippen LogP contribution is -2.35. The molecule has 20 heavy (non-hydrogen) atoms. The molecule has 0 amide bonds. The maximum atomic E-state index is 13.2. The molecule has 0 aliphatic heterocycles. The molecule has 2 rings (SSSR count). The first-order chi connectivity index (χ1) is 9.74. The Morgan fingerprint density at radius 1 is 1.05 bits per heavy atom. The van der Waals surface area contributed by atoms with E-state index < -0.39 is 0 Å². The predicted octanol–water partition coefficient (Wildman–Crippen LogP) is 5.20. The number of rotatable bonds is 5. The maximum absolute atomic E-state index is 13.2. The molecule has 1 aromatic rings. The molecule has 0 bridgehead atoms. The van der Waals surface area contributed by atoms with E-state index in [-0.39, 0.29) is 5.41 Å². The van der Waals surface area contributed by atoms with Crippen LogP contribution in [0.5, 0.6) is 0 Å². The Morgan fingerprint density at radius 3 is 2.40 bits per heavy atom. The van der Waals surface area contributed by atoms with E-state index >= 15 is 0 Å². The number of ketones is 1. The molecule has 1 nitrogen and oxygen atoms in total. The molecule has 1 heteroatoms. The largest absolute Gasteiger partial charge is 0.294 e. The molecule has 0 saturated heterocycles. The van der Waals surface area contributed by atoms with Gasteiger partial charge in [-0.15, -0.1) is 0 Å². The first-order valence-corrected chi connectivity index (χ1v) is 8.04. The van der Waals surface area contributed by atoms with Gasteiger partial charge in [0.05, 0.1) is 5.41 Å². The topological polar surface area (TPSA) is 17.1 Å². The number of Topliss-reactive ketones (excluding diaryl/α,β-unsaturated/α-hetero) is 1. The minimum atomic E-state index is -0.322. The smallest absolute Gasteiger partial charge is 0.169 e. The second-order valence-corrected chi connectivity index (χ2v) is 5.81. The molecular formula is C19H26O. The summed E-state index contributed by atoms with van der Waals surface area (Å²) in [6.45, 7) is 4.29. The van der Waals surface area contributed by atoms with Crippen LogP contribution < -0.4 is 0 Å². The van der Waals surface area contributed by atoms with Crippen molar-refractivity contribution in [1.82, 2.24) is 0 Å². The molecule has 0 fully saturated rings. The number of hydrogen-bond donors (Lipinski definition) is 0. The molecular weight excluding hydrogens is 244 g/mol. The van der Waals surface area contributed by atoms with E-state index in [0.717, 1.165) is 37.7 Å². The van der Waals surface area contributed by atoms with Gasteiger partial charge in [-0.25, -0.2) is 0 Å². The normalized spacial score (nSPS) is 16.4. The van der Waals surface area contributed by atoms with E-state index in [0.29, 0.717) is 5.78 Å². The zero-order valence-corrected chi connectivity index (χ0v) is 12.8. The van der Waals surface area contributed by atoms with Crippen LogP contribution in [0.15, 0.2) is 42.0 Å². The van der Waals surface area contributed by atoms with Crippen molar-refractivity contribution in [3.8, 4) is 0 Å². The SMILES string of the molecule is CCC(CC)(C(=O)C1=CCCCCC1)c1ccccc1. The molecule has 0 radical (unpaired) electrons. The number of carbonyl (C=O) groups excluding carboxylic acids is 1. The van der Waals surface area contributed by atoms with Gasteiger partial charge in [0.25, 0.3) is 0 Å².